The molecule has 3 rings (SSSR count). The zero-order valence-corrected chi connectivity index (χ0v) is 10.7. The monoisotopic (exact) mass is 258 g/mol. The molecule has 1 aliphatic heterocycles. The summed E-state index contributed by atoms with van der Waals surface area (Å²) in [6, 6.07) is 11.2. The Hall–Kier alpha value is -2.23. The number of nitrogen functional groups attached to an aromatic ring is 1. The van der Waals surface area contributed by atoms with E-state index < -0.39 is 5.82 Å². The van der Waals surface area contributed by atoms with Gasteiger partial charge in [0.1, 0.15) is 0 Å². The second kappa shape index (κ2) is 4.46. The lowest BCUT2D eigenvalue weighted by molar-refractivity contribution is 0.386. The molecule has 0 saturated carbocycles. The van der Waals surface area contributed by atoms with Crippen molar-refractivity contribution in [1.29, 1.82) is 0 Å². The molecule has 3 nitrogen and oxygen atoms in total. The first kappa shape index (κ1) is 11.8. The number of methoxy groups -OCH3 is 1. The van der Waals surface area contributed by atoms with Gasteiger partial charge in [0.15, 0.2) is 11.6 Å². The number of nitrogens with zero attached hydrogens (tertiary/aromatic N) is 1. The van der Waals surface area contributed by atoms with Crippen molar-refractivity contribution in [3.05, 3.63) is 53.3 Å². The third-order valence-electron chi connectivity index (χ3n) is 3.48. The molecule has 0 aromatic heterocycles. The van der Waals surface area contributed by atoms with Gasteiger partial charge in [-0.25, -0.2) is 4.39 Å². The molecular formula is C15H15FN2O. The summed E-state index contributed by atoms with van der Waals surface area (Å²) in [6.45, 7) is 1.57. The molecule has 0 bridgehead atoms. The fourth-order valence-electron chi connectivity index (χ4n) is 2.49. The summed E-state index contributed by atoms with van der Waals surface area (Å²) in [4.78, 5) is 2.13. The first-order valence-electron chi connectivity index (χ1n) is 6.14. The van der Waals surface area contributed by atoms with E-state index >= 15 is 0 Å². The Labute approximate surface area is 111 Å². The average Bonchev–Trinajstić information content (AvgIpc) is 2.82. The second-order valence-corrected chi connectivity index (χ2v) is 4.67. The molecule has 1 heterocycles. The van der Waals surface area contributed by atoms with Gasteiger partial charge in [0.2, 0.25) is 0 Å². The van der Waals surface area contributed by atoms with Crippen LogP contribution in [0.4, 0.5) is 15.8 Å². The van der Waals surface area contributed by atoms with Crippen molar-refractivity contribution in [2.24, 2.45) is 0 Å². The van der Waals surface area contributed by atoms with Crippen molar-refractivity contribution < 1.29 is 9.13 Å². The van der Waals surface area contributed by atoms with Gasteiger partial charge in [-0.05, 0) is 11.1 Å². The van der Waals surface area contributed by atoms with E-state index in [1.807, 2.05) is 12.1 Å². The fourth-order valence-corrected chi connectivity index (χ4v) is 2.49. The maximum atomic E-state index is 13.6. The summed E-state index contributed by atoms with van der Waals surface area (Å²) in [5.41, 5.74) is 9.74. The molecular weight excluding hydrogens is 243 g/mol. The molecule has 0 aliphatic carbocycles. The number of hydrogen-bond acceptors (Lipinski definition) is 3. The number of ether oxygens (including phenoxy) is 1. The van der Waals surface area contributed by atoms with Crippen LogP contribution in [-0.4, -0.2) is 7.11 Å². The number of halogens is 1. The van der Waals surface area contributed by atoms with Gasteiger partial charge in [-0.15, -0.1) is 0 Å². The van der Waals surface area contributed by atoms with Crippen LogP contribution < -0.4 is 15.4 Å². The van der Waals surface area contributed by atoms with Crippen molar-refractivity contribution in [2.45, 2.75) is 13.1 Å². The van der Waals surface area contributed by atoms with Crippen LogP contribution >= 0.6 is 0 Å². The average molecular weight is 258 g/mol. The molecule has 1 aliphatic rings. The van der Waals surface area contributed by atoms with Crippen molar-refractivity contribution in [3.63, 3.8) is 0 Å². The highest BCUT2D eigenvalue weighted by Crippen LogP contribution is 2.35. The molecule has 0 radical (unpaired) electrons. The van der Waals surface area contributed by atoms with Crippen molar-refractivity contribution in [2.75, 3.05) is 17.7 Å². The Kier molecular flexibility index (Phi) is 2.78. The van der Waals surface area contributed by atoms with E-state index in [0.717, 1.165) is 18.8 Å². The minimum Gasteiger partial charge on any atom is -0.494 e. The van der Waals surface area contributed by atoms with Crippen molar-refractivity contribution in [3.8, 4) is 5.75 Å². The number of nitrogens with two attached hydrogens (primary N) is 1. The number of rotatable bonds is 2. The Morgan fingerprint density at radius 2 is 1.79 bits per heavy atom. The highest BCUT2D eigenvalue weighted by atomic mass is 19.1. The molecule has 2 aromatic carbocycles. The maximum absolute atomic E-state index is 13.6. The van der Waals surface area contributed by atoms with Crippen LogP contribution in [0.15, 0.2) is 36.4 Å². The van der Waals surface area contributed by atoms with Crippen molar-refractivity contribution >= 4 is 11.4 Å². The van der Waals surface area contributed by atoms with Gasteiger partial charge >= 0.3 is 0 Å². The van der Waals surface area contributed by atoms with E-state index in [-0.39, 0.29) is 5.75 Å². The highest BCUT2D eigenvalue weighted by Gasteiger charge is 2.21. The SMILES string of the molecule is COc1cc(N2Cc3ccccc3C2)c(N)cc1F. The Morgan fingerprint density at radius 3 is 2.37 bits per heavy atom. The van der Waals surface area contributed by atoms with E-state index in [1.165, 1.54) is 24.3 Å². The van der Waals surface area contributed by atoms with Crippen LogP contribution in [0.25, 0.3) is 0 Å². The lowest BCUT2D eigenvalue weighted by atomic mass is 10.1. The molecule has 0 fully saturated rings. The predicted molar refractivity (Wildman–Crippen MR) is 73.7 cm³/mol. The van der Waals surface area contributed by atoms with Crippen LogP contribution in [0.5, 0.6) is 5.75 Å². The molecule has 0 unspecified atom stereocenters. The molecule has 0 saturated heterocycles. The van der Waals surface area contributed by atoms with E-state index in [4.69, 9.17) is 10.5 Å². The summed E-state index contributed by atoms with van der Waals surface area (Å²) in [5, 5.41) is 0. The van der Waals surface area contributed by atoms with Gasteiger partial charge in [0.25, 0.3) is 0 Å². The minimum atomic E-state index is -0.430. The molecule has 2 N–H and O–H groups in total. The topological polar surface area (TPSA) is 38.5 Å². The molecule has 0 atom stereocenters. The molecule has 0 spiro atoms. The van der Waals surface area contributed by atoms with Gasteiger partial charge in [-0.1, -0.05) is 24.3 Å². The first-order valence-corrected chi connectivity index (χ1v) is 6.14. The van der Waals surface area contributed by atoms with Gasteiger partial charge in [0, 0.05) is 25.2 Å². The quantitative estimate of drug-likeness (QED) is 0.842. The summed E-state index contributed by atoms with van der Waals surface area (Å²) in [5.74, 6) is -0.208. The zero-order valence-electron chi connectivity index (χ0n) is 10.7. The number of fused-ring (bicyclic) bond motifs is 1. The number of benzene rings is 2. The summed E-state index contributed by atoms with van der Waals surface area (Å²) < 4.78 is 18.6. The van der Waals surface area contributed by atoms with Crippen LogP contribution in [-0.2, 0) is 13.1 Å². The van der Waals surface area contributed by atoms with Crippen LogP contribution in [0, 0.1) is 5.82 Å². The van der Waals surface area contributed by atoms with Crippen LogP contribution in [0.1, 0.15) is 11.1 Å². The number of hydrogen-bond donors (Lipinski definition) is 1. The van der Waals surface area contributed by atoms with Gasteiger partial charge in [0.05, 0.1) is 18.5 Å². The van der Waals surface area contributed by atoms with E-state index in [9.17, 15) is 4.39 Å². The minimum absolute atomic E-state index is 0.222. The fraction of sp³-hybridized carbons (Fsp3) is 0.200. The van der Waals surface area contributed by atoms with Crippen LogP contribution in [0.2, 0.25) is 0 Å². The Morgan fingerprint density at radius 1 is 1.16 bits per heavy atom. The molecule has 98 valence electrons. The molecule has 4 heteroatoms. The van der Waals surface area contributed by atoms with E-state index in [0.29, 0.717) is 5.69 Å². The third kappa shape index (κ3) is 1.99. The van der Waals surface area contributed by atoms with E-state index in [1.54, 1.807) is 6.07 Å². The highest BCUT2D eigenvalue weighted by molar-refractivity contribution is 5.71. The Bertz CT molecular complexity index is 603. The molecule has 2 aromatic rings. The lowest BCUT2D eigenvalue weighted by Gasteiger charge is -2.20. The normalized spacial score (nSPS) is 13.5. The van der Waals surface area contributed by atoms with Crippen LogP contribution in [0.3, 0.4) is 0 Å². The van der Waals surface area contributed by atoms with Gasteiger partial charge < -0.3 is 15.4 Å². The predicted octanol–water partition coefficient (Wildman–Crippen LogP) is 2.94. The molecule has 19 heavy (non-hydrogen) atoms. The van der Waals surface area contributed by atoms with E-state index in [2.05, 4.69) is 17.0 Å². The smallest absolute Gasteiger partial charge is 0.167 e. The second-order valence-electron chi connectivity index (χ2n) is 4.67. The largest absolute Gasteiger partial charge is 0.494 e. The first-order chi connectivity index (χ1) is 9.19. The lowest BCUT2D eigenvalue weighted by Crippen LogP contribution is -2.16. The van der Waals surface area contributed by atoms with Gasteiger partial charge in [-0.3, -0.25) is 0 Å². The maximum Gasteiger partial charge on any atom is 0.167 e. The van der Waals surface area contributed by atoms with Crippen molar-refractivity contribution in [1.82, 2.24) is 0 Å². The zero-order chi connectivity index (χ0) is 13.4. The summed E-state index contributed by atoms with van der Waals surface area (Å²) >= 11 is 0. The molecule has 0 amide bonds. The summed E-state index contributed by atoms with van der Waals surface area (Å²) in [6.07, 6.45) is 0. The number of anilines is 2. The standard InChI is InChI=1S/C15H15FN2O/c1-19-15-7-14(13(17)6-12(15)16)18-8-10-4-2-3-5-11(10)9-18/h2-7H,8-9,17H2,1H3. The third-order valence-corrected chi connectivity index (χ3v) is 3.48. The Balaban J connectivity index is 1.97. The van der Waals surface area contributed by atoms with Gasteiger partial charge in [-0.2, -0.15) is 0 Å². The summed E-state index contributed by atoms with van der Waals surface area (Å²) in [7, 11) is 1.46.